The summed E-state index contributed by atoms with van der Waals surface area (Å²) in [5, 5.41) is 7.61. The minimum atomic E-state index is -0.208. The Balaban J connectivity index is 1.36. The van der Waals surface area contributed by atoms with Crippen LogP contribution in [0.15, 0.2) is 60.9 Å². The molecule has 0 saturated carbocycles. The van der Waals surface area contributed by atoms with E-state index in [9.17, 15) is 4.79 Å². The van der Waals surface area contributed by atoms with Crippen LogP contribution in [0.4, 0.5) is 0 Å². The number of hydrogen-bond acceptors (Lipinski definition) is 4. The Bertz CT molecular complexity index is 1080. The van der Waals surface area contributed by atoms with E-state index in [0.717, 1.165) is 54.9 Å². The van der Waals surface area contributed by atoms with Crippen LogP contribution in [0.3, 0.4) is 0 Å². The number of hydrogen-bond donors (Lipinski definition) is 1. The predicted octanol–water partition coefficient (Wildman–Crippen LogP) is 3.90. The Morgan fingerprint density at radius 2 is 1.87 bits per heavy atom. The number of nitrogens with zero attached hydrogens (tertiary/aromatic N) is 3. The fraction of sp³-hybridized carbons (Fsp3) is 0.360. The standard InChI is InChI=1S/C25H28N4O2/c1-18-16-26-29(17-18)20-9-7-19(8-10-20)24(30)27-22-15-25(11-13-28(2)14-12-25)31-23-6-4-3-5-21(22)23/h3-10,16-17,22H,11-15H2,1-2H3,(H,27,30). The zero-order valence-corrected chi connectivity index (χ0v) is 18.0. The van der Waals surface area contributed by atoms with Gasteiger partial charge in [0.1, 0.15) is 11.4 Å². The van der Waals surface area contributed by atoms with E-state index in [1.807, 2.05) is 66.5 Å². The molecule has 1 saturated heterocycles. The monoisotopic (exact) mass is 416 g/mol. The summed E-state index contributed by atoms with van der Waals surface area (Å²) >= 11 is 0. The van der Waals surface area contributed by atoms with Crippen LogP contribution in [0.25, 0.3) is 5.69 Å². The van der Waals surface area contributed by atoms with Gasteiger partial charge in [-0.15, -0.1) is 0 Å². The summed E-state index contributed by atoms with van der Waals surface area (Å²) in [7, 11) is 2.15. The Morgan fingerprint density at radius 3 is 2.58 bits per heavy atom. The van der Waals surface area contributed by atoms with Crippen molar-refractivity contribution >= 4 is 5.91 Å². The molecule has 2 aliphatic rings. The van der Waals surface area contributed by atoms with Crippen LogP contribution in [0, 0.1) is 6.92 Å². The molecule has 1 spiro atoms. The van der Waals surface area contributed by atoms with E-state index in [2.05, 4.69) is 28.4 Å². The lowest BCUT2D eigenvalue weighted by atomic mass is 9.80. The average Bonchev–Trinajstić information content (AvgIpc) is 3.22. The van der Waals surface area contributed by atoms with Gasteiger partial charge in [0.25, 0.3) is 5.91 Å². The maximum Gasteiger partial charge on any atom is 0.251 e. The second-order valence-corrected chi connectivity index (χ2v) is 8.87. The summed E-state index contributed by atoms with van der Waals surface area (Å²) in [6.45, 7) is 4.03. The summed E-state index contributed by atoms with van der Waals surface area (Å²) in [5.41, 5.74) is 3.54. The second-order valence-electron chi connectivity index (χ2n) is 8.87. The fourth-order valence-corrected chi connectivity index (χ4v) is 4.64. The Labute approximate surface area is 182 Å². The van der Waals surface area contributed by atoms with Crippen molar-refractivity contribution < 1.29 is 9.53 Å². The van der Waals surface area contributed by atoms with Crippen LogP contribution in [-0.2, 0) is 0 Å². The highest BCUT2D eigenvalue weighted by molar-refractivity contribution is 5.94. The van der Waals surface area contributed by atoms with Crippen LogP contribution in [0.5, 0.6) is 5.75 Å². The molecule has 1 N–H and O–H groups in total. The highest BCUT2D eigenvalue weighted by Crippen LogP contribution is 2.44. The van der Waals surface area contributed by atoms with Gasteiger partial charge in [-0.05, 0) is 62.7 Å². The molecule has 0 radical (unpaired) electrons. The minimum absolute atomic E-state index is 0.0608. The average molecular weight is 417 g/mol. The van der Waals surface area contributed by atoms with Crippen LogP contribution in [0.2, 0.25) is 0 Å². The Morgan fingerprint density at radius 1 is 1.13 bits per heavy atom. The van der Waals surface area contributed by atoms with Crippen LogP contribution >= 0.6 is 0 Å². The van der Waals surface area contributed by atoms with Crippen LogP contribution in [0.1, 0.15) is 46.8 Å². The molecule has 3 heterocycles. The number of carbonyl (C=O) groups excluding carboxylic acids is 1. The number of ether oxygens (including phenoxy) is 1. The van der Waals surface area contributed by atoms with E-state index in [4.69, 9.17) is 4.74 Å². The molecule has 3 aromatic rings. The van der Waals surface area contributed by atoms with Crippen molar-refractivity contribution in [2.24, 2.45) is 0 Å². The third-order valence-electron chi connectivity index (χ3n) is 6.51. The van der Waals surface area contributed by atoms with Crippen molar-refractivity contribution in [2.75, 3.05) is 20.1 Å². The van der Waals surface area contributed by atoms with E-state index < -0.39 is 0 Å². The van der Waals surface area contributed by atoms with Crippen molar-refractivity contribution in [1.82, 2.24) is 20.0 Å². The maximum absolute atomic E-state index is 13.1. The number of amides is 1. The number of nitrogens with one attached hydrogen (secondary N) is 1. The van der Waals surface area contributed by atoms with E-state index in [1.54, 1.807) is 0 Å². The summed E-state index contributed by atoms with van der Waals surface area (Å²) in [6.07, 6.45) is 6.54. The normalized spacial score (nSPS) is 20.1. The van der Waals surface area contributed by atoms with Crippen molar-refractivity contribution in [1.29, 1.82) is 0 Å². The first-order valence-corrected chi connectivity index (χ1v) is 10.9. The number of aromatic nitrogens is 2. The molecule has 6 heteroatoms. The molecule has 1 aromatic heterocycles. The summed E-state index contributed by atoms with van der Waals surface area (Å²) in [6, 6.07) is 15.6. The number of aryl methyl sites for hydroxylation is 1. The van der Waals surface area contributed by atoms with Crippen molar-refractivity contribution in [3.05, 3.63) is 77.6 Å². The van der Waals surface area contributed by atoms with Gasteiger partial charge in [-0.2, -0.15) is 5.10 Å². The zero-order valence-electron chi connectivity index (χ0n) is 18.0. The number of likely N-dealkylation sites (tertiary alicyclic amines) is 1. The first-order valence-electron chi connectivity index (χ1n) is 10.9. The quantitative estimate of drug-likeness (QED) is 0.704. The SMILES string of the molecule is Cc1cnn(-c2ccc(C(=O)NC3CC4(CCN(C)CC4)Oc4ccccc43)cc2)c1. The van der Waals surface area contributed by atoms with Crippen molar-refractivity contribution in [3.63, 3.8) is 0 Å². The molecule has 1 fully saturated rings. The molecule has 0 bridgehead atoms. The minimum Gasteiger partial charge on any atom is -0.487 e. The lowest BCUT2D eigenvalue weighted by Crippen LogP contribution is -2.51. The van der Waals surface area contributed by atoms with Crippen LogP contribution in [-0.4, -0.2) is 46.3 Å². The lowest BCUT2D eigenvalue weighted by molar-refractivity contribution is -0.0195. The summed E-state index contributed by atoms with van der Waals surface area (Å²) < 4.78 is 8.32. The van der Waals surface area contributed by atoms with Gasteiger partial charge in [0.2, 0.25) is 0 Å². The molecular weight excluding hydrogens is 388 g/mol. The number of para-hydroxylation sites is 1. The number of carbonyl (C=O) groups is 1. The second kappa shape index (κ2) is 7.85. The first-order chi connectivity index (χ1) is 15.0. The van der Waals surface area contributed by atoms with Gasteiger partial charge in [-0.3, -0.25) is 4.79 Å². The third kappa shape index (κ3) is 3.95. The van der Waals surface area contributed by atoms with Gasteiger partial charge in [0, 0.05) is 36.8 Å². The predicted molar refractivity (Wildman–Crippen MR) is 120 cm³/mol. The highest BCUT2D eigenvalue weighted by Gasteiger charge is 2.43. The molecule has 2 aliphatic heterocycles. The smallest absolute Gasteiger partial charge is 0.251 e. The number of piperidine rings is 1. The Hall–Kier alpha value is -3.12. The molecular formula is C25H28N4O2. The lowest BCUT2D eigenvalue weighted by Gasteiger charge is -2.46. The van der Waals surface area contributed by atoms with Crippen molar-refractivity contribution in [2.45, 2.75) is 37.8 Å². The van der Waals surface area contributed by atoms with Gasteiger partial charge in [-0.1, -0.05) is 18.2 Å². The summed E-state index contributed by atoms with van der Waals surface area (Å²) in [4.78, 5) is 15.5. The fourth-order valence-electron chi connectivity index (χ4n) is 4.64. The highest BCUT2D eigenvalue weighted by atomic mass is 16.5. The van der Waals surface area contributed by atoms with E-state index in [1.165, 1.54) is 0 Å². The molecule has 0 aliphatic carbocycles. The maximum atomic E-state index is 13.1. The largest absolute Gasteiger partial charge is 0.487 e. The van der Waals surface area contributed by atoms with E-state index >= 15 is 0 Å². The zero-order chi connectivity index (χ0) is 21.4. The topological polar surface area (TPSA) is 59.4 Å². The molecule has 5 rings (SSSR count). The molecule has 1 amide bonds. The van der Waals surface area contributed by atoms with Gasteiger partial charge in [-0.25, -0.2) is 4.68 Å². The molecule has 2 aromatic carbocycles. The van der Waals surface area contributed by atoms with Crippen LogP contribution < -0.4 is 10.1 Å². The first kappa shape index (κ1) is 19.8. The molecule has 6 nitrogen and oxygen atoms in total. The van der Waals surface area contributed by atoms with Gasteiger partial charge >= 0.3 is 0 Å². The van der Waals surface area contributed by atoms with E-state index in [0.29, 0.717) is 5.56 Å². The van der Waals surface area contributed by atoms with E-state index in [-0.39, 0.29) is 17.6 Å². The van der Waals surface area contributed by atoms with Gasteiger partial charge < -0.3 is 15.0 Å². The van der Waals surface area contributed by atoms with Gasteiger partial charge in [0.15, 0.2) is 0 Å². The molecule has 160 valence electrons. The number of rotatable bonds is 3. The van der Waals surface area contributed by atoms with Crippen molar-refractivity contribution in [3.8, 4) is 11.4 Å². The third-order valence-corrected chi connectivity index (χ3v) is 6.51. The molecule has 1 atom stereocenters. The van der Waals surface area contributed by atoms with Gasteiger partial charge in [0.05, 0.1) is 17.9 Å². The molecule has 31 heavy (non-hydrogen) atoms. The summed E-state index contributed by atoms with van der Waals surface area (Å²) in [5.74, 6) is 0.834. The molecule has 1 unspecified atom stereocenters. The number of benzene rings is 2. The number of fused-ring (bicyclic) bond motifs is 1. The Kier molecular flexibility index (Phi) is 5.02.